The quantitative estimate of drug-likeness (QED) is 0.550. The summed E-state index contributed by atoms with van der Waals surface area (Å²) in [5.41, 5.74) is 6.48. The Morgan fingerprint density at radius 3 is 2.74 bits per heavy atom. The third-order valence-electron chi connectivity index (χ3n) is 3.11. The van der Waals surface area contributed by atoms with Crippen LogP contribution in [0, 0.1) is 5.92 Å². The molecule has 0 saturated heterocycles. The van der Waals surface area contributed by atoms with Crippen molar-refractivity contribution in [3.63, 3.8) is 0 Å². The highest BCUT2D eigenvalue weighted by Crippen LogP contribution is 2.08. The maximum absolute atomic E-state index is 11.9. The lowest BCUT2D eigenvalue weighted by atomic mass is 9.98. The molecule has 1 rings (SSSR count). The predicted molar refractivity (Wildman–Crippen MR) is 69.3 cm³/mol. The summed E-state index contributed by atoms with van der Waals surface area (Å²) < 4.78 is 0. The Kier molecular flexibility index (Phi) is 5.50. The molecule has 0 unspecified atom stereocenters. The fraction of sp³-hybridized carbons (Fsp3) is 0.583. The summed E-state index contributed by atoms with van der Waals surface area (Å²) in [6.45, 7) is 3.65. The van der Waals surface area contributed by atoms with E-state index in [1.807, 2.05) is 6.92 Å². The van der Waals surface area contributed by atoms with E-state index in [1.165, 1.54) is 6.33 Å². The zero-order valence-electron chi connectivity index (χ0n) is 11.1. The average Bonchev–Trinajstić information content (AvgIpc) is 2.86. The molecule has 1 aromatic rings. The highest BCUT2D eigenvalue weighted by Gasteiger charge is 2.27. The number of aromatic nitrogens is 2. The van der Waals surface area contributed by atoms with Crippen molar-refractivity contribution >= 4 is 11.9 Å². The molecule has 1 heterocycles. The van der Waals surface area contributed by atoms with Crippen LogP contribution in [0.2, 0.25) is 0 Å². The summed E-state index contributed by atoms with van der Waals surface area (Å²) in [4.78, 5) is 29.6. The maximum atomic E-state index is 11.9. The van der Waals surface area contributed by atoms with Gasteiger partial charge in [0, 0.05) is 18.3 Å². The SMILES string of the molecule is CC[C@@H](C)[C@H](NC(=O)[C@@H](N)Cc1cnc[nH]1)C(=O)O. The molecule has 7 nitrogen and oxygen atoms in total. The minimum atomic E-state index is -1.04. The molecule has 106 valence electrons. The van der Waals surface area contributed by atoms with Crippen LogP contribution in [0.5, 0.6) is 0 Å². The molecule has 7 heteroatoms. The molecule has 0 aliphatic heterocycles. The molecule has 3 atom stereocenters. The van der Waals surface area contributed by atoms with Gasteiger partial charge >= 0.3 is 5.97 Å². The van der Waals surface area contributed by atoms with Crippen LogP contribution in [0.15, 0.2) is 12.5 Å². The molecule has 0 aliphatic rings. The van der Waals surface area contributed by atoms with E-state index in [9.17, 15) is 9.59 Å². The second-order valence-electron chi connectivity index (χ2n) is 4.60. The van der Waals surface area contributed by atoms with Gasteiger partial charge in [0.1, 0.15) is 6.04 Å². The summed E-state index contributed by atoms with van der Waals surface area (Å²) >= 11 is 0. The molecule has 0 aromatic carbocycles. The topological polar surface area (TPSA) is 121 Å². The number of aliphatic carboxylic acids is 1. The normalized spacial score (nSPS) is 15.5. The van der Waals surface area contributed by atoms with Gasteiger partial charge in [-0.1, -0.05) is 20.3 Å². The van der Waals surface area contributed by atoms with Gasteiger partial charge in [0.2, 0.25) is 5.91 Å². The predicted octanol–water partition coefficient (Wildman–Crippen LogP) is -0.105. The molecule has 0 bridgehead atoms. The monoisotopic (exact) mass is 268 g/mol. The van der Waals surface area contributed by atoms with Crippen molar-refractivity contribution in [2.75, 3.05) is 0 Å². The van der Waals surface area contributed by atoms with Crippen molar-refractivity contribution in [2.45, 2.75) is 38.8 Å². The maximum Gasteiger partial charge on any atom is 0.326 e. The van der Waals surface area contributed by atoms with Crippen LogP contribution >= 0.6 is 0 Å². The third kappa shape index (κ3) is 4.36. The zero-order valence-corrected chi connectivity index (χ0v) is 11.1. The number of carboxylic acids is 1. The van der Waals surface area contributed by atoms with E-state index >= 15 is 0 Å². The highest BCUT2D eigenvalue weighted by molar-refractivity contribution is 5.87. The first kappa shape index (κ1) is 15.2. The van der Waals surface area contributed by atoms with Gasteiger partial charge in [-0.05, 0) is 5.92 Å². The van der Waals surface area contributed by atoms with Crippen molar-refractivity contribution in [1.82, 2.24) is 15.3 Å². The number of rotatable bonds is 7. The number of carboxylic acid groups (broad SMARTS) is 1. The first-order chi connectivity index (χ1) is 8.95. The van der Waals surface area contributed by atoms with Gasteiger partial charge in [0.05, 0.1) is 12.4 Å². The summed E-state index contributed by atoms with van der Waals surface area (Å²) in [5.74, 6) is -1.67. The minimum absolute atomic E-state index is 0.152. The number of carbonyl (C=O) groups is 2. The van der Waals surface area contributed by atoms with Crippen LogP contribution in [-0.4, -0.2) is 39.0 Å². The molecule has 0 saturated carbocycles. The van der Waals surface area contributed by atoms with Crippen molar-refractivity contribution in [2.24, 2.45) is 11.7 Å². The molecule has 1 aromatic heterocycles. The summed E-state index contributed by atoms with van der Waals surface area (Å²) in [7, 11) is 0. The van der Waals surface area contributed by atoms with E-state index in [4.69, 9.17) is 10.8 Å². The second-order valence-corrected chi connectivity index (χ2v) is 4.60. The second kappa shape index (κ2) is 6.89. The minimum Gasteiger partial charge on any atom is -0.480 e. The van der Waals surface area contributed by atoms with Crippen LogP contribution in [0.25, 0.3) is 0 Å². The molecular weight excluding hydrogens is 248 g/mol. The number of nitrogens with two attached hydrogens (primary N) is 1. The van der Waals surface area contributed by atoms with E-state index in [2.05, 4.69) is 15.3 Å². The van der Waals surface area contributed by atoms with Gasteiger partial charge in [0.25, 0.3) is 0 Å². The van der Waals surface area contributed by atoms with Crippen LogP contribution in [0.3, 0.4) is 0 Å². The van der Waals surface area contributed by atoms with Gasteiger partial charge in [0.15, 0.2) is 0 Å². The molecule has 19 heavy (non-hydrogen) atoms. The smallest absolute Gasteiger partial charge is 0.326 e. The Balaban J connectivity index is 2.58. The summed E-state index contributed by atoms with van der Waals surface area (Å²) in [6.07, 6.45) is 4.03. The van der Waals surface area contributed by atoms with Gasteiger partial charge in [-0.15, -0.1) is 0 Å². The molecule has 0 spiro atoms. The number of hydrogen-bond acceptors (Lipinski definition) is 4. The van der Waals surface area contributed by atoms with Gasteiger partial charge < -0.3 is 21.1 Å². The Bertz CT molecular complexity index is 419. The molecule has 1 amide bonds. The highest BCUT2D eigenvalue weighted by atomic mass is 16.4. The molecular formula is C12H20N4O3. The lowest BCUT2D eigenvalue weighted by Gasteiger charge is -2.22. The number of aromatic amines is 1. The third-order valence-corrected chi connectivity index (χ3v) is 3.11. The lowest BCUT2D eigenvalue weighted by Crippen LogP contribution is -2.51. The fourth-order valence-electron chi connectivity index (χ4n) is 1.67. The summed E-state index contributed by atoms with van der Waals surface area (Å²) in [6, 6.07) is -1.71. The molecule has 5 N–H and O–H groups in total. The van der Waals surface area contributed by atoms with Crippen molar-refractivity contribution in [3.8, 4) is 0 Å². The Hall–Kier alpha value is -1.89. The molecule has 0 aliphatic carbocycles. The molecule has 0 fully saturated rings. The van der Waals surface area contributed by atoms with E-state index in [0.717, 1.165) is 5.69 Å². The molecule has 0 radical (unpaired) electrons. The Labute approximate surface area is 111 Å². The zero-order chi connectivity index (χ0) is 14.4. The number of amides is 1. The van der Waals surface area contributed by atoms with Crippen LogP contribution in [0.1, 0.15) is 26.0 Å². The van der Waals surface area contributed by atoms with Crippen LogP contribution in [-0.2, 0) is 16.0 Å². The van der Waals surface area contributed by atoms with Crippen molar-refractivity contribution < 1.29 is 14.7 Å². The number of hydrogen-bond donors (Lipinski definition) is 4. The largest absolute Gasteiger partial charge is 0.480 e. The number of H-pyrrole nitrogens is 1. The van der Waals surface area contributed by atoms with E-state index in [-0.39, 0.29) is 5.92 Å². The number of nitrogens with one attached hydrogen (secondary N) is 2. The van der Waals surface area contributed by atoms with Crippen molar-refractivity contribution in [3.05, 3.63) is 18.2 Å². The standard InChI is InChI=1S/C12H20N4O3/c1-3-7(2)10(12(18)19)16-11(17)9(13)4-8-5-14-6-15-8/h5-7,9-10H,3-4,13H2,1-2H3,(H,14,15)(H,16,17)(H,18,19)/t7-,9+,10+/m1/s1. The Morgan fingerprint density at radius 1 is 1.58 bits per heavy atom. The van der Waals surface area contributed by atoms with Gasteiger partial charge in [-0.2, -0.15) is 0 Å². The number of imidazole rings is 1. The Morgan fingerprint density at radius 2 is 2.26 bits per heavy atom. The van der Waals surface area contributed by atoms with Gasteiger partial charge in [-0.25, -0.2) is 9.78 Å². The summed E-state index contributed by atoms with van der Waals surface area (Å²) in [5, 5.41) is 11.6. The number of carbonyl (C=O) groups excluding carboxylic acids is 1. The van der Waals surface area contributed by atoms with Crippen molar-refractivity contribution in [1.29, 1.82) is 0 Å². The first-order valence-electron chi connectivity index (χ1n) is 6.21. The van der Waals surface area contributed by atoms with E-state index in [1.54, 1.807) is 13.1 Å². The van der Waals surface area contributed by atoms with Gasteiger partial charge in [-0.3, -0.25) is 4.79 Å². The number of nitrogens with zero attached hydrogens (tertiary/aromatic N) is 1. The van der Waals surface area contributed by atoms with Crippen LogP contribution < -0.4 is 11.1 Å². The van der Waals surface area contributed by atoms with Crippen LogP contribution in [0.4, 0.5) is 0 Å². The fourth-order valence-corrected chi connectivity index (χ4v) is 1.67. The van der Waals surface area contributed by atoms with E-state index < -0.39 is 24.0 Å². The first-order valence-corrected chi connectivity index (χ1v) is 6.21. The lowest BCUT2D eigenvalue weighted by molar-refractivity contribution is -0.143. The van der Waals surface area contributed by atoms with E-state index in [0.29, 0.717) is 12.8 Å². The average molecular weight is 268 g/mol.